The fourth-order valence-electron chi connectivity index (χ4n) is 1.30. The molecule has 1 aromatic rings. The van der Waals surface area contributed by atoms with Crippen LogP contribution in [0.5, 0.6) is 0 Å². The summed E-state index contributed by atoms with van der Waals surface area (Å²) < 4.78 is 16.7. The van der Waals surface area contributed by atoms with Crippen molar-refractivity contribution in [1.82, 2.24) is 0 Å². The fourth-order valence-corrected chi connectivity index (χ4v) is 1.30. The van der Waals surface area contributed by atoms with Crippen LogP contribution < -0.4 is 5.73 Å². The number of nitrogens with two attached hydrogens (primary N) is 1. The maximum Gasteiger partial charge on any atom is 0.337 e. The molecule has 0 spiro atoms. The number of carbonyl (C=O) groups excluding carboxylic acids is 1. The van der Waals surface area contributed by atoms with Gasteiger partial charge in [-0.2, -0.15) is 0 Å². The van der Waals surface area contributed by atoms with E-state index in [0.29, 0.717) is 5.56 Å². The van der Waals surface area contributed by atoms with Crippen molar-refractivity contribution in [3.05, 3.63) is 35.4 Å². The van der Waals surface area contributed by atoms with Crippen LogP contribution in [0.2, 0.25) is 0 Å². The smallest absolute Gasteiger partial charge is 0.337 e. The molecule has 1 rings (SSSR count). The van der Waals surface area contributed by atoms with Crippen molar-refractivity contribution in [1.29, 1.82) is 0 Å². The second-order valence-electron chi connectivity index (χ2n) is 3.20. The Morgan fingerprint density at radius 2 is 2.25 bits per heavy atom. The van der Waals surface area contributed by atoms with Crippen molar-refractivity contribution in [2.75, 3.05) is 13.8 Å². The predicted molar refractivity (Wildman–Crippen MR) is 62.5 cm³/mol. The topological polar surface area (TPSA) is 52.3 Å². The minimum absolute atomic E-state index is 0. The molecule has 0 unspecified atom stereocenters. The first-order chi connectivity index (χ1) is 7.19. The normalized spacial score (nSPS) is 11.4. The number of hydrogen-bond donors (Lipinski definition) is 1. The molecule has 0 aliphatic heterocycles. The number of hydrogen-bond acceptors (Lipinski definition) is 3. The SMILES string of the molecule is COC(=O)c1cccc([C@@H](N)CCF)c1.Cl. The van der Waals surface area contributed by atoms with E-state index >= 15 is 0 Å². The van der Waals surface area contributed by atoms with Gasteiger partial charge < -0.3 is 10.5 Å². The molecule has 2 N–H and O–H groups in total. The number of methoxy groups -OCH3 is 1. The minimum Gasteiger partial charge on any atom is -0.465 e. The van der Waals surface area contributed by atoms with Gasteiger partial charge in [0.15, 0.2) is 0 Å². The van der Waals surface area contributed by atoms with E-state index in [1.807, 2.05) is 0 Å². The van der Waals surface area contributed by atoms with E-state index in [4.69, 9.17) is 5.73 Å². The Morgan fingerprint density at radius 3 is 2.81 bits per heavy atom. The van der Waals surface area contributed by atoms with Gasteiger partial charge in [-0.25, -0.2) is 4.79 Å². The summed E-state index contributed by atoms with van der Waals surface area (Å²) in [6.07, 6.45) is 0.255. The zero-order valence-electron chi connectivity index (χ0n) is 8.98. The van der Waals surface area contributed by atoms with Crippen LogP contribution in [-0.2, 0) is 4.74 Å². The van der Waals surface area contributed by atoms with Crippen LogP contribution in [0.25, 0.3) is 0 Å². The van der Waals surface area contributed by atoms with Crippen molar-refractivity contribution < 1.29 is 13.9 Å². The summed E-state index contributed by atoms with van der Waals surface area (Å²) in [5.74, 6) is -0.413. The van der Waals surface area contributed by atoms with Gasteiger partial charge in [-0.05, 0) is 24.1 Å². The zero-order chi connectivity index (χ0) is 11.3. The molecule has 1 aromatic carbocycles. The highest BCUT2D eigenvalue weighted by Gasteiger charge is 2.09. The highest BCUT2D eigenvalue weighted by molar-refractivity contribution is 5.89. The maximum absolute atomic E-state index is 12.1. The van der Waals surface area contributed by atoms with Gasteiger partial charge in [-0.1, -0.05) is 12.1 Å². The first kappa shape index (κ1) is 14.9. The first-order valence-electron chi connectivity index (χ1n) is 4.69. The van der Waals surface area contributed by atoms with Gasteiger partial charge >= 0.3 is 5.97 Å². The number of ether oxygens (including phenoxy) is 1. The summed E-state index contributed by atoms with van der Waals surface area (Å²) in [6, 6.07) is 6.37. The number of benzene rings is 1. The number of rotatable bonds is 4. The molecule has 3 nitrogen and oxygen atoms in total. The molecule has 0 fully saturated rings. The third-order valence-electron chi connectivity index (χ3n) is 2.16. The van der Waals surface area contributed by atoms with Gasteiger partial charge in [0.2, 0.25) is 0 Å². The second-order valence-corrected chi connectivity index (χ2v) is 3.20. The molecule has 5 heteroatoms. The van der Waals surface area contributed by atoms with Crippen LogP contribution in [0.3, 0.4) is 0 Å². The van der Waals surface area contributed by atoms with Gasteiger partial charge in [0, 0.05) is 6.04 Å². The molecule has 0 aliphatic carbocycles. The molecule has 0 heterocycles. The van der Waals surface area contributed by atoms with Crippen molar-refractivity contribution in [3.8, 4) is 0 Å². The van der Waals surface area contributed by atoms with E-state index < -0.39 is 12.6 Å². The Morgan fingerprint density at radius 1 is 1.56 bits per heavy atom. The van der Waals surface area contributed by atoms with Gasteiger partial charge in [0.05, 0.1) is 19.3 Å². The van der Waals surface area contributed by atoms with E-state index in [1.54, 1.807) is 24.3 Å². The molecule has 0 bridgehead atoms. The summed E-state index contributed by atoms with van der Waals surface area (Å²) in [5, 5.41) is 0. The van der Waals surface area contributed by atoms with Crippen molar-refractivity contribution in [3.63, 3.8) is 0 Å². The van der Waals surface area contributed by atoms with E-state index in [1.165, 1.54) is 7.11 Å². The van der Waals surface area contributed by atoms with Crippen LogP contribution >= 0.6 is 12.4 Å². The van der Waals surface area contributed by atoms with Gasteiger partial charge in [0.1, 0.15) is 0 Å². The molecule has 16 heavy (non-hydrogen) atoms. The number of alkyl halides is 1. The number of esters is 1. The molecule has 0 saturated heterocycles. The molecule has 1 atom stereocenters. The van der Waals surface area contributed by atoms with Crippen LogP contribution in [0, 0.1) is 0 Å². The third-order valence-corrected chi connectivity index (χ3v) is 2.16. The first-order valence-corrected chi connectivity index (χ1v) is 4.69. The average molecular weight is 248 g/mol. The molecule has 0 aromatic heterocycles. The lowest BCUT2D eigenvalue weighted by Gasteiger charge is -2.10. The monoisotopic (exact) mass is 247 g/mol. The lowest BCUT2D eigenvalue weighted by atomic mass is 10.0. The van der Waals surface area contributed by atoms with E-state index in [2.05, 4.69) is 4.74 Å². The molecule has 0 aliphatic rings. The Hall–Kier alpha value is -1.13. The van der Waals surface area contributed by atoms with Crippen LogP contribution in [-0.4, -0.2) is 19.8 Å². The lowest BCUT2D eigenvalue weighted by molar-refractivity contribution is 0.0600. The van der Waals surface area contributed by atoms with E-state index in [0.717, 1.165) is 5.56 Å². The molecular formula is C11H15ClFNO2. The van der Waals surface area contributed by atoms with E-state index in [9.17, 15) is 9.18 Å². The highest BCUT2D eigenvalue weighted by atomic mass is 35.5. The fraction of sp³-hybridized carbons (Fsp3) is 0.364. The number of carbonyl (C=O) groups is 1. The molecule has 90 valence electrons. The zero-order valence-corrected chi connectivity index (χ0v) is 9.80. The third kappa shape index (κ3) is 3.79. The number of halogens is 2. The Bertz CT molecular complexity index is 347. The minimum atomic E-state index is -0.469. The van der Waals surface area contributed by atoms with Crippen LogP contribution in [0.1, 0.15) is 28.4 Å². The van der Waals surface area contributed by atoms with Crippen LogP contribution in [0.15, 0.2) is 24.3 Å². The average Bonchev–Trinajstić information content (AvgIpc) is 2.28. The Kier molecular flexibility index (Phi) is 6.69. The van der Waals surface area contributed by atoms with Gasteiger partial charge in [-0.3, -0.25) is 4.39 Å². The summed E-state index contributed by atoms with van der Waals surface area (Å²) in [4.78, 5) is 11.2. The summed E-state index contributed by atoms with van der Waals surface area (Å²) in [5.41, 5.74) is 6.90. The molecule has 0 radical (unpaired) electrons. The molecule has 0 amide bonds. The predicted octanol–water partition coefficient (Wildman–Crippen LogP) is 2.25. The van der Waals surface area contributed by atoms with Crippen LogP contribution in [0.4, 0.5) is 4.39 Å². The second kappa shape index (κ2) is 7.19. The standard InChI is InChI=1S/C11H14FNO2.ClH/c1-15-11(14)9-4-2-3-8(7-9)10(13)5-6-12;/h2-4,7,10H,5-6,13H2,1H3;1H/t10-;/m0./s1. The molecule has 0 saturated carbocycles. The largest absolute Gasteiger partial charge is 0.465 e. The quantitative estimate of drug-likeness (QED) is 0.831. The molecular weight excluding hydrogens is 233 g/mol. The maximum atomic E-state index is 12.1. The Labute approximate surface area is 100 Å². The van der Waals surface area contributed by atoms with Crippen molar-refractivity contribution in [2.24, 2.45) is 5.73 Å². The van der Waals surface area contributed by atoms with Crippen molar-refractivity contribution in [2.45, 2.75) is 12.5 Å². The van der Waals surface area contributed by atoms with Crippen molar-refractivity contribution >= 4 is 18.4 Å². The summed E-state index contributed by atoms with van der Waals surface area (Å²) >= 11 is 0. The highest BCUT2D eigenvalue weighted by Crippen LogP contribution is 2.16. The summed E-state index contributed by atoms with van der Waals surface area (Å²) in [6.45, 7) is -0.469. The van der Waals surface area contributed by atoms with Gasteiger partial charge in [0.25, 0.3) is 0 Å². The van der Waals surface area contributed by atoms with E-state index in [-0.39, 0.29) is 24.9 Å². The van der Waals surface area contributed by atoms with Gasteiger partial charge in [-0.15, -0.1) is 12.4 Å². The Balaban J connectivity index is 0.00000225. The summed E-state index contributed by atoms with van der Waals surface area (Å²) in [7, 11) is 1.32. The lowest BCUT2D eigenvalue weighted by Crippen LogP contribution is -2.12.